The topological polar surface area (TPSA) is 80.5 Å². The van der Waals surface area contributed by atoms with E-state index in [1.54, 1.807) is 0 Å². The Morgan fingerprint density at radius 2 is 1.77 bits per heavy atom. The van der Waals surface area contributed by atoms with Crippen LogP contribution in [0.15, 0.2) is 15.4 Å². The molecule has 2 rings (SSSR count). The zero-order valence-electron chi connectivity index (χ0n) is 13.0. The van der Waals surface area contributed by atoms with Gasteiger partial charge in [-0.2, -0.15) is 4.31 Å². The smallest absolute Gasteiger partial charge is 0.243 e. The van der Waals surface area contributed by atoms with Crippen LogP contribution in [0.1, 0.15) is 29.5 Å². The fourth-order valence-corrected chi connectivity index (χ4v) is 5.40. The molecular formula is C15H21BrN2O3S. The van der Waals surface area contributed by atoms with Gasteiger partial charge in [0, 0.05) is 23.5 Å². The first-order chi connectivity index (χ1) is 10.2. The highest BCUT2D eigenvalue weighted by atomic mass is 79.9. The summed E-state index contributed by atoms with van der Waals surface area (Å²) < 4.78 is 28.2. The van der Waals surface area contributed by atoms with Crippen molar-refractivity contribution in [2.24, 2.45) is 11.7 Å². The van der Waals surface area contributed by atoms with Gasteiger partial charge in [0.2, 0.25) is 15.9 Å². The number of piperidine rings is 1. The normalized spacial score (nSPS) is 17.6. The van der Waals surface area contributed by atoms with Crippen molar-refractivity contribution in [2.75, 3.05) is 13.1 Å². The highest BCUT2D eigenvalue weighted by Gasteiger charge is 2.33. The van der Waals surface area contributed by atoms with E-state index in [0.717, 1.165) is 21.2 Å². The fraction of sp³-hybridized carbons (Fsp3) is 0.533. The van der Waals surface area contributed by atoms with Gasteiger partial charge in [-0.15, -0.1) is 0 Å². The van der Waals surface area contributed by atoms with E-state index in [2.05, 4.69) is 15.9 Å². The third-order valence-electron chi connectivity index (χ3n) is 4.26. The van der Waals surface area contributed by atoms with E-state index in [1.165, 1.54) is 4.31 Å². The Morgan fingerprint density at radius 1 is 1.23 bits per heavy atom. The molecule has 0 aromatic heterocycles. The quantitative estimate of drug-likeness (QED) is 0.861. The molecule has 122 valence electrons. The number of aryl methyl sites for hydroxylation is 2. The molecule has 1 aliphatic rings. The van der Waals surface area contributed by atoms with Crippen molar-refractivity contribution in [3.8, 4) is 0 Å². The van der Waals surface area contributed by atoms with Crippen molar-refractivity contribution in [1.29, 1.82) is 0 Å². The van der Waals surface area contributed by atoms with Crippen LogP contribution in [0.25, 0.3) is 0 Å². The average molecular weight is 389 g/mol. The Labute approximate surface area is 140 Å². The number of sulfonamides is 1. The van der Waals surface area contributed by atoms with Crippen LogP contribution in [0.4, 0.5) is 0 Å². The number of amides is 1. The summed E-state index contributed by atoms with van der Waals surface area (Å²) in [6.45, 7) is 6.24. The number of benzene rings is 1. The Kier molecular flexibility index (Phi) is 4.99. The van der Waals surface area contributed by atoms with Crippen LogP contribution in [-0.2, 0) is 14.8 Å². The number of halogens is 1. The Bertz CT molecular complexity index is 708. The SMILES string of the molecule is Cc1cc(C)c(S(=O)(=O)N2CCC(C(N)=O)CC2)c(C)c1Br. The maximum Gasteiger partial charge on any atom is 0.243 e. The predicted octanol–water partition coefficient (Wildman–Crippen LogP) is 2.26. The highest BCUT2D eigenvalue weighted by molar-refractivity contribution is 9.10. The molecule has 1 amide bonds. The number of carbonyl (C=O) groups is 1. The van der Waals surface area contributed by atoms with Gasteiger partial charge in [0.25, 0.3) is 0 Å². The molecular weight excluding hydrogens is 368 g/mol. The van der Waals surface area contributed by atoms with Crippen LogP contribution in [0.3, 0.4) is 0 Å². The number of carbonyl (C=O) groups excluding carboxylic acids is 1. The van der Waals surface area contributed by atoms with Gasteiger partial charge in [-0.3, -0.25) is 4.79 Å². The van der Waals surface area contributed by atoms with Gasteiger partial charge in [0.1, 0.15) is 0 Å². The lowest BCUT2D eigenvalue weighted by Crippen LogP contribution is -2.42. The van der Waals surface area contributed by atoms with E-state index in [0.29, 0.717) is 30.8 Å². The van der Waals surface area contributed by atoms with E-state index < -0.39 is 10.0 Å². The van der Waals surface area contributed by atoms with Crippen LogP contribution in [0.5, 0.6) is 0 Å². The monoisotopic (exact) mass is 388 g/mol. The summed E-state index contributed by atoms with van der Waals surface area (Å²) in [5, 5.41) is 0. The Balaban J connectivity index is 2.37. The van der Waals surface area contributed by atoms with E-state index in [1.807, 2.05) is 26.8 Å². The lowest BCUT2D eigenvalue weighted by molar-refractivity contribution is -0.122. The molecule has 0 bridgehead atoms. The summed E-state index contributed by atoms with van der Waals surface area (Å²) in [7, 11) is -3.56. The molecule has 1 heterocycles. The van der Waals surface area contributed by atoms with Gasteiger partial charge in [-0.05, 0) is 50.3 Å². The molecule has 1 saturated heterocycles. The van der Waals surface area contributed by atoms with Crippen molar-refractivity contribution >= 4 is 31.9 Å². The van der Waals surface area contributed by atoms with Gasteiger partial charge < -0.3 is 5.73 Å². The first kappa shape index (κ1) is 17.4. The van der Waals surface area contributed by atoms with Crippen LogP contribution < -0.4 is 5.73 Å². The summed E-state index contributed by atoms with van der Waals surface area (Å²) in [6.07, 6.45) is 0.972. The summed E-state index contributed by atoms with van der Waals surface area (Å²) in [5.74, 6) is -0.569. The zero-order valence-corrected chi connectivity index (χ0v) is 15.4. The molecule has 7 heteroatoms. The number of nitrogens with zero attached hydrogens (tertiary/aromatic N) is 1. The lowest BCUT2D eigenvalue weighted by Gasteiger charge is -2.31. The van der Waals surface area contributed by atoms with Crippen LogP contribution >= 0.6 is 15.9 Å². The Morgan fingerprint density at radius 3 is 2.27 bits per heavy atom. The first-order valence-corrected chi connectivity index (χ1v) is 9.45. The number of hydrogen-bond donors (Lipinski definition) is 1. The van der Waals surface area contributed by atoms with Gasteiger partial charge in [-0.1, -0.05) is 22.0 Å². The molecule has 5 nitrogen and oxygen atoms in total. The van der Waals surface area contributed by atoms with Crippen LogP contribution in [-0.4, -0.2) is 31.7 Å². The van der Waals surface area contributed by atoms with Crippen molar-refractivity contribution in [3.05, 3.63) is 27.2 Å². The van der Waals surface area contributed by atoms with Gasteiger partial charge >= 0.3 is 0 Å². The Hall–Kier alpha value is -0.920. The second-order valence-electron chi connectivity index (χ2n) is 5.86. The minimum absolute atomic E-state index is 0.224. The molecule has 1 aromatic rings. The summed E-state index contributed by atoms with van der Waals surface area (Å²) >= 11 is 3.47. The van der Waals surface area contributed by atoms with Gasteiger partial charge in [0.15, 0.2) is 0 Å². The van der Waals surface area contributed by atoms with E-state index >= 15 is 0 Å². The summed E-state index contributed by atoms with van der Waals surface area (Å²) in [4.78, 5) is 11.6. The fourth-order valence-electron chi connectivity index (χ4n) is 3.05. The minimum atomic E-state index is -3.56. The van der Waals surface area contributed by atoms with E-state index in [9.17, 15) is 13.2 Å². The molecule has 1 aromatic carbocycles. The maximum atomic E-state index is 13.0. The van der Waals surface area contributed by atoms with Crippen molar-refractivity contribution in [1.82, 2.24) is 4.31 Å². The number of rotatable bonds is 3. The second kappa shape index (κ2) is 6.29. The van der Waals surface area contributed by atoms with Crippen molar-refractivity contribution in [2.45, 2.75) is 38.5 Å². The van der Waals surface area contributed by atoms with Crippen LogP contribution in [0.2, 0.25) is 0 Å². The standard InChI is InChI=1S/C15H21BrN2O3S/c1-9-8-10(2)14(11(3)13(9)16)22(20,21)18-6-4-12(5-7-18)15(17)19/h8,12H,4-7H2,1-3H3,(H2,17,19). The number of nitrogens with two attached hydrogens (primary N) is 1. The van der Waals surface area contributed by atoms with Gasteiger partial charge in [0.05, 0.1) is 4.90 Å². The van der Waals surface area contributed by atoms with Gasteiger partial charge in [-0.25, -0.2) is 8.42 Å². The van der Waals surface area contributed by atoms with Crippen LogP contribution in [0, 0.1) is 26.7 Å². The average Bonchev–Trinajstić information content (AvgIpc) is 2.44. The van der Waals surface area contributed by atoms with Crippen molar-refractivity contribution in [3.63, 3.8) is 0 Å². The third-order valence-corrected chi connectivity index (χ3v) is 7.67. The molecule has 0 aliphatic carbocycles. The number of hydrogen-bond acceptors (Lipinski definition) is 3. The molecule has 1 aliphatic heterocycles. The summed E-state index contributed by atoms with van der Waals surface area (Å²) in [5.41, 5.74) is 7.80. The zero-order chi connectivity index (χ0) is 16.7. The molecule has 1 fully saturated rings. The largest absolute Gasteiger partial charge is 0.369 e. The van der Waals surface area contributed by atoms with Crippen molar-refractivity contribution < 1.29 is 13.2 Å². The number of primary amides is 1. The lowest BCUT2D eigenvalue weighted by atomic mass is 9.98. The molecule has 0 spiro atoms. The summed E-state index contributed by atoms with van der Waals surface area (Å²) in [6, 6.07) is 1.88. The third kappa shape index (κ3) is 3.07. The minimum Gasteiger partial charge on any atom is -0.369 e. The van der Waals surface area contributed by atoms with E-state index in [-0.39, 0.29) is 11.8 Å². The van der Waals surface area contributed by atoms with E-state index in [4.69, 9.17) is 5.73 Å². The molecule has 0 saturated carbocycles. The molecule has 0 atom stereocenters. The first-order valence-electron chi connectivity index (χ1n) is 7.22. The molecule has 22 heavy (non-hydrogen) atoms. The molecule has 0 radical (unpaired) electrons. The molecule has 2 N–H and O–H groups in total. The maximum absolute atomic E-state index is 13.0. The molecule has 0 unspecified atom stereocenters. The predicted molar refractivity (Wildman–Crippen MR) is 89.0 cm³/mol. The highest BCUT2D eigenvalue weighted by Crippen LogP contribution is 2.33. The second-order valence-corrected chi connectivity index (χ2v) is 8.53.